The Morgan fingerprint density at radius 1 is 1.00 bits per heavy atom. The number of aliphatic hydroxyl groups is 1. The fourth-order valence-corrected chi connectivity index (χ4v) is 4.43. The molecule has 8 heteroatoms. The number of aliphatic hydroxyl groups excluding tert-OH is 1. The summed E-state index contributed by atoms with van der Waals surface area (Å²) >= 11 is 12.3. The van der Waals surface area contributed by atoms with Gasteiger partial charge in [0.1, 0.15) is 18.1 Å². The van der Waals surface area contributed by atoms with Crippen LogP contribution < -0.4 is 4.74 Å². The van der Waals surface area contributed by atoms with Gasteiger partial charge in [0.05, 0.1) is 28.3 Å². The molecule has 0 spiro atoms. The van der Waals surface area contributed by atoms with Crippen molar-refractivity contribution in [3.63, 3.8) is 0 Å². The van der Waals surface area contributed by atoms with Crippen LogP contribution in [0.1, 0.15) is 28.3 Å². The quantitative estimate of drug-likeness (QED) is 0.223. The molecule has 3 aromatic carbocycles. The van der Waals surface area contributed by atoms with Gasteiger partial charge in [0.2, 0.25) is 0 Å². The predicted octanol–water partition coefficient (Wildman–Crippen LogP) is 5.95. The average molecular weight is 526 g/mol. The number of halogens is 2. The number of Topliss-reactive ketones (excluding diaryl/α,β-unsaturated/α-hetero) is 1. The first kappa shape index (κ1) is 25.8. The number of rotatable bonds is 8. The van der Waals surface area contributed by atoms with Crippen molar-refractivity contribution in [2.45, 2.75) is 19.6 Å². The molecular formula is C28H25Cl2NO5. The third kappa shape index (κ3) is 5.26. The molecule has 0 saturated carbocycles. The van der Waals surface area contributed by atoms with E-state index in [2.05, 4.69) is 0 Å². The molecule has 186 valence electrons. The van der Waals surface area contributed by atoms with Crippen molar-refractivity contribution in [1.29, 1.82) is 0 Å². The third-order valence-electron chi connectivity index (χ3n) is 6.12. The summed E-state index contributed by atoms with van der Waals surface area (Å²) in [5.74, 6) is -1.17. The van der Waals surface area contributed by atoms with Gasteiger partial charge in [-0.05, 0) is 60.0 Å². The molecule has 1 aliphatic rings. The molecule has 4 rings (SSSR count). The van der Waals surface area contributed by atoms with Gasteiger partial charge in [0.15, 0.2) is 0 Å². The smallest absolute Gasteiger partial charge is 0.295 e. The van der Waals surface area contributed by atoms with Crippen molar-refractivity contribution in [2.75, 3.05) is 20.3 Å². The molecule has 1 amide bonds. The molecule has 1 fully saturated rings. The Hall–Kier alpha value is -3.32. The molecule has 0 radical (unpaired) electrons. The molecule has 1 heterocycles. The van der Waals surface area contributed by atoms with E-state index in [0.29, 0.717) is 28.5 Å². The Balaban J connectivity index is 1.67. The van der Waals surface area contributed by atoms with Crippen LogP contribution in [0.15, 0.2) is 72.3 Å². The van der Waals surface area contributed by atoms with E-state index in [0.717, 1.165) is 11.1 Å². The first-order chi connectivity index (χ1) is 17.3. The highest BCUT2D eigenvalue weighted by atomic mass is 35.5. The van der Waals surface area contributed by atoms with Crippen LogP contribution in [-0.4, -0.2) is 42.0 Å². The highest BCUT2D eigenvalue weighted by Gasteiger charge is 2.46. The molecule has 1 unspecified atom stereocenters. The maximum atomic E-state index is 13.1. The van der Waals surface area contributed by atoms with E-state index >= 15 is 0 Å². The highest BCUT2D eigenvalue weighted by Crippen LogP contribution is 2.41. The zero-order valence-electron chi connectivity index (χ0n) is 19.8. The lowest BCUT2D eigenvalue weighted by Gasteiger charge is -2.25. The van der Waals surface area contributed by atoms with E-state index in [9.17, 15) is 14.7 Å². The first-order valence-electron chi connectivity index (χ1n) is 11.3. The van der Waals surface area contributed by atoms with Crippen LogP contribution in [0.3, 0.4) is 0 Å². The van der Waals surface area contributed by atoms with Gasteiger partial charge in [-0.1, -0.05) is 53.5 Å². The number of carbonyl (C=O) groups is 2. The Morgan fingerprint density at radius 2 is 1.72 bits per heavy atom. The van der Waals surface area contributed by atoms with Gasteiger partial charge in [-0.25, -0.2) is 0 Å². The monoisotopic (exact) mass is 525 g/mol. The molecule has 36 heavy (non-hydrogen) atoms. The molecular weight excluding hydrogens is 501 g/mol. The predicted molar refractivity (Wildman–Crippen MR) is 139 cm³/mol. The lowest BCUT2D eigenvalue weighted by molar-refractivity contribution is -0.140. The molecule has 0 bridgehead atoms. The summed E-state index contributed by atoms with van der Waals surface area (Å²) in [5.41, 5.74) is 3.12. The largest absolute Gasteiger partial charge is 0.507 e. The Labute approximate surface area is 219 Å². The Morgan fingerprint density at radius 3 is 2.39 bits per heavy atom. The van der Waals surface area contributed by atoms with Crippen molar-refractivity contribution >= 4 is 40.7 Å². The van der Waals surface area contributed by atoms with Crippen LogP contribution in [0, 0.1) is 6.92 Å². The number of hydrogen-bond donors (Lipinski definition) is 1. The number of methoxy groups -OCH3 is 1. The fraction of sp³-hybridized carbons (Fsp3) is 0.214. The molecule has 1 atom stereocenters. The van der Waals surface area contributed by atoms with Crippen molar-refractivity contribution in [1.82, 2.24) is 4.90 Å². The number of nitrogens with zero attached hydrogens (tertiary/aromatic N) is 1. The number of ketones is 1. The maximum absolute atomic E-state index is 13.1. The molecule has 0 aliphatic carbocycles. The highest BCUT2D eigenvalue weighted by molar-refractivity contribution is 6.46. The minimum absolute atomic E-state index is 0.0249. The molecule has 1 saturated heterocycles. The van der Waals surface area contributed by atoms with Gasteiger partial charge in [0, 0.05) is 19.2 Å². The Kier molecular flexibility index (Phi) is 7.99. The van der Waals surface area contributed by atoms with Crippen LogP contribution in [0.25, 0.3) is 5.76 Å². The summed E-state index contributed by atoms with van der Waals surface area (Å²) in [4.78, 5) is 27.3. The number of ether oxygens (including phenoxy) is 2. The molecule has 0 aromatic heterocycles. The normalized spacial score (nSPS) is 17.0. The average Bonchev–Trinajstić information content (AvgIpc) is 3.13. The Bertz CT molecular complexity index is 1320. The summed E-state index contributed by atoms with van der Waals surface area (Å²) in [7, 11) is 1.51. The summed E-state index contributed by atoms with van der Waals surface area (Å²) < 4.78 is 11.0. The SMILES string of the molecule is COCCN1C(=O)C(=O)C(=C(O)c2ccc(OCc3ccccc3C)cc2)C1c1ccc(Cl)c(Cl)c1. The summed E-state index contributed by atoms with van der Waals surface area (Å²) in [6.45, 7) is 2.80. The van der Waals surface area contributed by atoms with E-state index < -0.39 is 17.7 Å². The molecule has 3 aromatic rings. The van der Waals surface area contributed by atoms with Gasteiger partial charge >= 0.3 is 0 Å². The zero-order valence-corrected chi connectivity index (χ0v) is 21.3. The van der Waals surface area contributed by atoms with E-state index in [1.807, 2.05) is 31.2 Å². The maximum Gasteiger partial charge on any atom is 0.295 e. The van der Waals surface area contributed by atoms with Crippen molar-refractivity contribution in [2.24, 2.45) is 0 Å². The number of likely N-dealkylation sites (tertiary alicyclic amines) is 1. The second-order valence-electron chi connectivity index (χ2n) is 8.40. The van der Waals surface area contributed by atoms with Crippen molar-refractivity contribution in [3.8, 4) is 5.75 Å². The van der Waals surface area contributed by atoms with E-state index in [-0.39, 0.29) is 29.5 Å². The minimum Gasteiger partial charge on any atom is -0.507 e. The van der Waals surface area contributed by atoms with Crippen LogP contribution in [0.4, 0.5) is 0 Å². The first-order valence-corrected chi connectivity index (χ1v) is 12.1. The standard InChI is InChI=1S/C28H25Cl2NO5/c1-17-5-3-4-6-20(17)16-36-21-10-7-18(8-11-21)26(32)24-25(19-9-12-22(29)23(30)15-19)31(13-14-35-2)28(34)27(24)33/h3-12,15,25,32H,13-14,16H2,1-2H3. The number of hydrogen-bond acceptors (Lipinski definition) is 5. The van der Waals surface area contributed by atoms with Gasteiger partial charge in [-0.15, -0.1) is 0 Å². The fourth-order valence-electron chi connectivity index (χ4n) is 4.13. The van der Waals surface area contributed by atoms with Crippen LogP contribution in [0.5, 0.6) is 5.75 Å². The van der Waals surface area contributed by atoms with Gasteiger partial charge in [-0.3, -0.25) is 9.59 Å². The topological polar surface area (TPSA) is 76.1 Å². The number of aryl methyl sites for hydroxylation is 1. The van der Waals surface area contributed by atoms with Crippen molar-refractivity contribution in [3.05, 3.63) is 105 Å². The van der Waals surface area contributed by atoms with E-state index in [1.165, 1.54) is 12.0 Å². The summed E-state index contributed by atoms with van der Waals surface area (Å²) in [5, 5.41) is 11.8. The molecule has 1 N–H and O–H groups in total. The lowest BCUT2D eigenvalue weighted by atomic mass is 9.95. The second kappa shape index (κ2) is 11.2. The molecule has 6 nitrogen and oxygen atoms in total. The van der Waals surface area contributed by atoms with Crippen molar-refractivity contribution < 1.29 is 24.2 Å². The summed E-state index contributed by atoms with van der Waals surface area (Å²) in [6, 6.07) is 18.7. The van der Waals surface area contributed by atoms with E-state index in [1.54, 1.807) is 42.5 Å². The number of amides is 1. The number of carbonyl (C=O) groups excluding carboxylic acids is 2. The van der Waals surface area contributed by atoms with Gasteiger partial charge in [-0.2, -0.15) is 0 Å². The van der Waals surface area contributed by atoms with Crippen LogP contribution in [-0.2, 0) is 20.9 Å². The second-order valence-corrected chi connectivity index (χ2v) is 9.21. The summed E-state index contributed by atoms with van der Waals surface area (Å²) in [6.07, 6.45) is 0. The van der Waals surface area contributed by atoms with Gasteiger partial charge in [0.25, 0.3) is 11.7 Å². The minimum atomic E-state index is -0.841. The third-order valence-corrected chi connectivity index (χ3v) is 6.86. The zero-order chi connectivity index (χ0) is 25.8. The van der Waals surface area contributed by atoms with Crippen LogP contribution in [0.2, 0.25) is 10.0 Å². The van der Waals surface area contributed by atoms with Gasteiger partial charge < -0.3 is 19.5 Å². The van der Waals surface area contributed by atoms with Crippen LogP contribution >= 0.6 is 23.2 Å². The molecule has 1 aliphatic heterocycles. The number of benzene rings is 3. The van der Waals surface area contributed by atoms with E-state index in [4.69, 9.17) is 32.7 Å². The lowest BCUT2D eigenvalue weighted by Crippen LogP contribution is -2.32.